The standard InChI is InChI=1S/C17H13N3O2S2/c1-9-2-4-11-14(6-9)24-17(19-11)20-16(22)10-3-5-13-12(7-10)18-15(21)8-23-13/h2-7H,8H2,1H3,(H,18,21)(H,19,20,22). The molecule has 0 spiro atoms. The summed E-state index contributed by atoms with van der Waals surface area (Å²) in [5.41, 5.74) is 3.21. The lowest BCUT2D eigenvalue weighted by atomic mass is 10.2. The second-order valence-electron chi connectivity index (χ2n) is 5.49. The van der Waals surface area contributed by atoms with E-state index in [4.69, 9.17) is 0 Å². The monoisotopic (exact) mass is 355 g/mol. The van der Waals surface area contributed by atoms with Crippen LogP contribution in [0.2, 0.25) is 0 Å². The molecule has 0 saturated carbocycles. The van der Waals surface area contributed by atoms with E-state index in [1.807, 2.05) is 31.2 Å². The third kappa shape index (κ3) is 2.88. The van der Waals surface area contributed by atoms with Gasteiger partial charge in [-0.3, -0.25) is 14.9 Å². The highest BCUT2D eigenvalue weighted by atomic mass is 32.2. The Morgan fingerprint density at radius 1 is 1.25 bits per heavy atom. The highest BCUT2D eigenvalue weighted by Gasteiger charge is 2.18. The van der Waals surface area contributed by atoms with Crippen molar-refractivity contribution in [3.63, 3.8) is 0 Å². The van der Waals surface area contributed by atoms with E-state index in [0.29, 0.717) is 22.1 Å². The summed E-state index contributed by atoms with van der Waals surface area (Å²) in [7, 11) is 0. The minimum Gasteiger partial charge on any atom is -0.324 e. The van der Waals surface area contributed by atoms with Gasteiger partial charge in [0.25, 0.3) is 5.91 Å². The second-order valence-corrected chi connectivity index (χ2v) is 7.54. The Kier molecular flexibility index (Phi) is 3.74. The predicted molar refractivity (Wildman–Crippen MR) is 98.1 cm³/mol. The van der Waals surface area contributed by atoms with E-state index < -0.39 is 0 Å². The summed E-state index contributed by atoms with van der Waals surface area (Å²) < 4.78 is 1.04. The summed E-state index contributed by atoms with van der Waals surface area (Å²) in [6.07, 6.45) is 0. The molecule has 0 saturated heterocycles. The first-order chi connectivity index (χ1) is 11.6. The summed E-state index contributed by atoms with van der Waals surface area (Å²) in [5, 5.41) is 6.19. The van der Waals surface area contributed by atoms with Gasteiger partial charge in [0, 0.05) is 10.5 Å². The van der Waals surface area contributed by atoms with Crippen molar-refractivity contribution in [2.75, 3.05) is 16.4 Å². The third-order valence-corrected chi connectivity index (χ3v) is 5.65. The number of fused-ring (bicyclic) bond motifs is 2. The molecule has 0 aliphatic carbocycles. The molecule has 0 radical (unpaired) electrons. The fourth-order valence-electron chi connectivity index (χ4n) is 2.48. The molecule has 7 heteroatoms. The van der Waals surface area contributed by atoms with Gasteiger partial charge in [-0.1, -0.05) is 17.4 Å². The van der Waals surface area contributed by atoms with E-state index in [1.54, 1.807) is 12.1 Å². The lowest BCUT2D eigenvalue weighted by Gasteiger charge is -2.16. The number of hydrogen-bond donors (Lipinski definition) is 2. The van der Waals surface area contributed by atoms with Crippen LogP contribution in [0, 0.1) is 6.92 Å². The molecule has 1 aliphatic rings. The van der Waals surface area contributed by atoms with Gasteiger partial charge in [0.05, 0.1) is 21.7 Å². The summed E-state index contributed by atoms with van der Waals surface area (Å²) in [4.78, 5) is 29.4. The number of thiazole rings is 1. The SMILES string of the molecule is Cc1ccc2nc(NC(=O)c3ccc4c(c3)NC(=O)CS4)sc2c1. The van der Waals surface area contributed by atoms with Crippen molar-refractivity contribution in [3.05, 3.63) is 47.5 Å². The zero-order chi connectivity index (χ0) is 16.7. The van der Waals surface area contributed by atoms with Gasteiger partial charge in [-0.15, -0.1) is 11.8 Å². The zero-order valence-electron chi connectivity index (χ0n) is 12.8. The fraction of sp³-hybridized carbons (Fsp3) is 0.118. The number of carbonyl (C=O) groups excluding carboxylic acids is 2. The van der Waals surface area contributed by atoms with E-state index >= 15 is 0 Å². The number of carbonyl (C=O) groups is 2. The third-order valence-electron chi connectivity index (χ3n) is 3.64. The van der Waals surface area contributed by atoms with E-state index in [0.717, 1.165) is 20.7 Å². The van der Waals surface area contributed by atoms with Crippen LogP contribution in [-0.4, -0.2) is 22.6 Å². The lowest BCUT2D eigenvalue weighted by molar-refractivity contribution is -0.113. The van der Waals surface area contributed by atoms with Gasteiger partial charge < -0.3 is 5.32 Å². The van der Waals surface area contributed by atoms with Gasteiger partial charge in [0.1, 0.15) is 0 Å². The largest absolute Gasteiger partial charge is 0.324 e. The first kappa shape index (κ1) is 15.2. The molecule has 120 valence electrons. The number of nitrogens with one attached hydrogen (secondary N) is 2. The summed E-state index contributed by atoms with van der Waals surface area (Å²) in [6, 6.07) is 11.3. The molecule has 4 rings (SSSR count). The highest BCUT2D eigenvalue weighted by molar-refractivity contribution is 8.00. The molecule has 2 N–H and O–H groups in total. The average molecular weight is 355 g/mol. The average Bonchev–Trinajstić information content (AvgIpc) is 2.95. The Morgan fingerprint density at radius 2 is 2.12 bits per heavy atom. The molecule has 2 amide bonds. The molecule has 0 bridgehead atoms. The van der Waals surface area contributed by atoms with Crippen molar-refractivity contribution >= 4 is 55.9 Å². The number of amides is 2. The van der Waals surface area contributed by atoms with Crippen molar-refractivity contribution in [1.29, 1.82) is 0 Å². The maximum absolute atomic E-state index is 12.5. The first-order valence-electron chi connectivity index (χ1n) is 7.34. The van der Waals surface area contributed by atoms with E-state index in [2.05, 4.69) is 15.6 Å². The minimum atomic E-state index is -0.238. The number of aryl methyl sites for hydroxylation is 1. The second kappa shape index (κ2) is 5.92. The molecule has 3 aromatic rings. The van der Waals surface area contributed by atoms with Crippen LogP contribution in [0.3, 0.4) is 0 Å². The number of benzene rings is 2. The molecular formula is C17H13N3O2S2. The number of rotatable bonds is 2. The van der Waals surface area contributed by atoms with Crippen molar-refractivity contribution in [2.24, 2.45) is 0 Å². The molecule has 2 aromatic carbocycles. The van der Waals surface area contributed by atoms with Crippen LogP contribution in [0.4, 0.5) is 10.8 Å². The topological polar surface area (TPSA) is 71.1 Å². The van der Waals surface area contributed by atoms with Crippen molar-refractivity contribution in [2.45, 2.75) is 11.8 Å². The maximum atomic E-state index is 12.5. The molecule has 0 fully saturated rings. The number of thioether (sulfide) groups is 1. The molecule has 5 nitrogen and oxygen atoms in total. The van der Waals surface area contributed by atoms with Gasteiger partial charge in [0.15, 0.2) is 5.13 Å². The molecule has 24 heavy (non-hydrogen) atoms. The number of hydrogen-bond acceptors (Lipinski definition) is 5. The smallest absolute Gasteiger partial charge is 0.257 e. The van der Waals surface area contributed by atoms with Crippen LogP contribution < -0.4 is 10.6 Å². The van der Waals surface area contributed by atoms with Gasteiger partial charge in [-0.05, 0) is 42.8 Å². The van der Waals surface area contributed by atoms with E-state index in [-0.39, 0.29) is 11.8 Å². The molecule has 0 unspecified atom stereocenters. The van der Waals surface area contributed by atoms with E-state index in [1.165, 1.54) is 23.1 Å². The Balaban J connectivity index is 1.59. The first-order valence-corrected chi connectivity index (χ1v) is 9.14. The Hall–Kier alpha value is -2.38. The molecule has 2 heterocycles. The van der Waals surface area contributed by atoms with Gasteiger partial charge in [-0.25, -0.2) is 4.98 Å². The predicted octanol–water partition coefficient (Wildman–Crippen LogP) is 3.90. The fourth-order valence-corrected chi connectivity index (χ4v) is 4.23. The highest BCUT2D eigenvalue weighted by Crippen LogP contribution is 2.32. The van der Waals surface area contributed by atoms with Crippen LogP contribution in [0.5, 0.6) is 0 Å². The van der Waals surface area contributed by atoms with Crippen LogP contribution >= 0.6 is 23.1 Å². The van der Waals surface area contributed by atoms with Crippen LogP contribution in [-0.2, 0) is 4.79 Å². The molecule has 1 aromatic heterocycles. The van der Waals surface area contributed by atoms with Gasteiger partial charge in [0.2, 0.25) is 5.91 Å². The van der Waals surface area contributed by atoms with E-state index in [9.17, 15) is 9.59 Å². The summed E-state index contributed by atoms with van der Waals surface area (Å²) in [6.45, 7) is 2.02. The Morgan fingerprint density at radius 3 is 3.00 bits per heavy atom. The van der Waals surface area contributed by atoms with Crippen LogP contribution in [0.25, 0.3) is 10.2 Å². The van der Waals surface area contributed by atoms with Crippen LogP contribution in [0.15, 0.2) is 41.3 Å². The lowest BCUT2D eigenvalue weighted by Crippen LogP contribution is -2.19. The zero-order valence-corrected chi connectivity index (χ0v) is 14.4. The quantitative estimate of drug-likeness (QED) is 0.731. The number of aromatic nitrogens is 1. The number of anilines is 2. The Bertz CT molecular complexity index is 981. The summed E-state index contributed by atoms with van der Waals surface area (Å²) >= 11 is 2.92. The molecule has 1 aliphatic heterocycles. The van der Waals surface area contributed by atoms with Gasteiger partial charge in [-0.2, -0.15) is 0 Å². The molecular weight excluding hydrogens is 342 g/mol. The number of nitrogens with zero attached hydrogens (tertiary/aromatic N) is 1. The van der Waals surface area contributed by atoms with Crippen molar-refractivity contribution < 1.29 is 9.59 Å². The Labute approximate surface area is 146 Å². The van der Waals surface area contributed by atoms with Crippen LogP contribution in [0.1, 0.15) is 15.9 Å². The summed E-state index contributed by atoms with van der Waals surface area (Å²) in [5.74, 6) is 0.119. The molecule has 0 atom stereocenters. The maximum Gasteiger partial charge on any atom is 0.257 e. The van der Waals surface area contributed by atoms with Crippen molar-refractivity contribution in [3.8, 4) is 0 Å². The normalized spacial score (nSPS) is 13.5. The van der Waals surface area contributed by atoms with Gasteiger partial charge >= 0.3 is 0 Å². The van der Waals surface area contributed by atoms with Crippen molar-refractivity contribution in [1.82, 2.24) is 4.98 Å². The minimum absolute atomic E-state index is 0.0494.